The Kier molecular flexibility index (Phi) is 6.50. The van der Waals surface area contributed by atoms with Crippen molar-refractivity contribution in [1.29, 1.82) is 0 Å². The zero-order valence-corrected chi connectivity index (χ0v) is 16.2. The predicted molar refractivity (Wildman–Crippen MR) is 105 cm³/mol. The summed E-state index contributed by atoms with van der Waals surface area (Å²) < 4.78 is 5.21. The lowest BCUT2D eigenvalue weighted by Crippen LogP contribution is -2.29. The maximum absolute atomic E-state index is 12.3. The second kappa shape index (κ2) is 8.62. The molecule has 0 aromatic heterocycles. The second-order valence-electron chi connectivity index (χ2n) is 7.33. The third kappa shape index (κ3) is 5.78. The zero-order valence-electron chi connectivity index (χ0n) is 16.2. The summed E-state index contributed by atoms with van der Waals surface area (Å²) in [6.45, 7) is 7.51. The largest absolute Gasteiger partial charge is 0.460 e. The fraction of sp³-hybridized carbons (Fsp3) is 0.318. The van der Waals surface area contributed by atoms with Gasteiger partial charge in [0.2, 0.25) is 0 Å². The maximum atomic E-state index is 12.3. The normalized spacial score (nSPS) is 11.0. The molecule has 0 saturated carbocycles. The molecule has 0 atom stereocenters. The molecule has 0 fully saturated rings. The van der Waals surface area contributed by atoms with Crippen LogP contribution in [0.2, 0.25) is 0 Å². The van der Waals surface area contributed by atoms with Crippen molar-refractivity contribution < 1.29 is 19.1 Å². The fourth-order valence-electron chi connectivity index (χ4n) is 2.72. The number of hydrogen-bond acceptors (Lipinski definition) is 4. The molecule has 0 saturated heterocycles. The van der Waals surface area contributed by atoms with Crippen molar-refractivity contribution in [3.63, 3.8) is 0 Å². The first kappa shape index (κ1) is 20.4. The minimum absolute atomic E-state index is 0.118. The molecule has 0 unspecified atom stereocenters. The number of hydrogen-bond donors (Lipinski definition) is 1. The summed E-state index contributed by atoms with van der Waals surface area (Å²) in [5.41, 5.74) is 3.21. The number of amides is 1. The molecule has 0 bridgehead atoms. The van der Waals surface area contributed by atoms with E-state index in [1.54, 1.807) is 39.0 Å². The van der Waals surface area contributed by atoms with Gasteiger partial charge in [-0.3, -0.25) is 14.4 Å². The van der Waals surface area contributed by atoms with Crippen molar-refractivity contribution in [2.45, 2.75) is 39.7 Å². The number of aryl methyl sites for hydroxylation is 1. The van der Waals surface area contributed by atoms with Crippen LogP contribution >= 0.6 is 0 Å². The van der Waals surface area contributed by atoms with E-state index in [1.807, 2.05) is 31.2 Å². The van der Waals surface area contributed by atoms with Crippen molar-refractivity contribution in [1.82, 2.24) is 5.32 Å². The summed E-state index contributed by atoms with van der Waals surface area (Å²) >= 11 is 0. The van der Waals surface area contributed by atoms with Gasteiger partial charge in [-0.15, -0.1) is 0 Å². The topological polar surface area (TPSA) is 72.5 Å². The van der Waals surface area contributed by atoms with E-state index in [-0.39, 0.29) is 24.8 Å². The van der Waals surface area contributed by atoms with Gasteiger partial charge in [0.05, 0.1) is 6.42 Å². The van der Waals surface area contributed by atoms with Crippen molar-refractivity contribution in [3.05, 3.63) is 59.2 Å². The van der Waals surface area contributed by atoms with E-state index in [4.69, 9.17) is 4.74 Å². The first-order valence-corrected chi connectivity index (χ1v) is 8.86. The molecule has 0 spiro atoms. The van der Waals surface area contributed by atoms with Gasteiger partial charge >= 0.3 is 5.97 Å². The van der Waals surface area contributed by atoms with Gasteiger partial charge in [0.15, 0.2) is 6.29 Å². The molecule has 5 nitrogen and oxygen atoms in total. The second-order valence-corrected chi connectivity index (χ2v) is 7.33. The highest BCUT2D eigenvalue weighted by Gasteiger charge is 2.16. The molecular formula is C22H25NO4. The van der Waals surface area contributed by atoms with Crippen LogP contribution in [0.25, 0.3) is 11.1 Å². The Labute approximate surface area is 159 Å². The smallest absolute Gasteiger partial charge is 0.308 e. The van der Waals surface area contributed by atoms with Gasteiger partial charge in [-0.1, -0.05) is 30.3 Å². The molecule has 0 radical (unpaired) electrons. The Hall–Kier alpha value is -2.95. The molecule has 142 valence electrons. The Morgan fingerprint density at radius 2 is 1.78 bits per heavy atom. The van der Waals surface area contributed by atoms with E-state index in [0.29, 0.717) is 11.1 Å². The summed E-state index contributed by atoms with van der Waals surface area (Å²) in [6.07, 6.45) is 0.943. The van der Waals surface area contributed by atoms with Gasteiger partial charge in [-0.2, -0.15) is 0 Å². The maximum Gasteiger partial charge on any atom is 0.308 e. The summed E-state index contributed by atoms with van der Waals surface area (Å²) in [7, 11) is 0. The number of carbonyl (C=O) groups is 3. The minimum atomic E-state index is -0.536. The predicted octanol–water partition coefficient (Wildman–Crippen LogP) is 3.94. The van der Waals surface area contributed by atoms with Crippen LogP contribution in [0.15, 0.2) is 42.5 Å². The Morgan fingerprint density at radius 3 is 2.41 bits per heavy atom. The number of ether oxygens (including phenoxy) is 1. The van der Waals surface area contributed by atoms with Gasteiger partial charge in [-0.25, -0.2) is 0 Å². The lowest BCUT2D eigenvalue weighted by Gasteiger charge is -2.19. The number of aldehydes is 1. The SMILES string of the molecule is Cc1cc(C(=O)NCCC(=O)OC(C)(C)C)ccc1-c1ccccc1C=O. The number of esters is 1. The van der Waals surface area contributed by atoms with Crippen molar-refractivity contribution in [2.75, 3.05) is 6.54 Å². The highest BCUT2D eigenvalue weighted by Crippen LogP contribution is 2.26. The van der Waals surface area contributed by atoms with Gasteiger partial charge in [0.1, 0.15) is 5.60 Å². The summed E-state index contributed by atoms with van der Waals surface area (Å²) in [6, 6.07) is 12.7. The van der Waals surface area contributed by atoms with E-state index >= 15 is 0 Å². The van der Waals surface area contributed by atoms with Crippen LogP contribution in [0, 0.1) is 6.92 Å². The van der Waals surface area contributed by atoms with Crippen LogP contribution in [0.4, 0.5) is 0 Å². The molecule has 1 amide bonds. The first-order valence-electron chi connectivity index (χ1n) is 8.86. The van der Waals surface area contributed by atoms with Crippen LogP contribution in [-0.2, 0) is 9.53 Å². The Bertz CT molecular complexity index is 850. The van der Waals surface area contributed by atoms with Crippen molar-refractivity contribution in [2.24, 2.45) is 0 Å². The van der Waals surface area contributed by atoms with Crippen LogP contribution in [0.1, 0.15) is 53.5 Å². The number of rotatable bonds is 6. The van der Waals surface area contributed by atoms with Gasteiger partial charge in [0, 0.05) is 17.7 Å². The van der Waals surface area contributed by atoms with Gasteiger partial charge in [0.25, 0.3) is 5.91 Å². The third-order valence-electron chi connectivity index (χ3n) is 3.90. The van der Waals surface area contributed by atoms with Gasteiger partial charge in [-0.05, 0) is 56.5 Å². The first-order chi connectivity index (χ1) is 12.7. The quantitative estimate of drug-likeness (QED) is 0.620. The molecule has 0 aliphatic carbocycles. The number of nitrogens with one attached hydrogen (secondary N) is 1. The lowest BCUT2D eigenvalue weighted by atomic mass is 9.95. The molecule has 5 heteroatoms. The van der Waals surface area contributed by atoms with E-state index in [0.717, 1.165) is 23.0 Å². The molecule has 2 aromatic rings. The third-order valence-corrected chi connectivity index (χ3v) is 3.90. The average molecular weight is 367 g/mol. The number of benzene rings is 2. The molecule has 2 aromatic carbocycles. The summed E-state index contributed by atoms with van der Waals surface area (Å²) in [5.74, 6) is -0.600. The fourth-order valence-corrected chi connectivity index (χ4v) is 2.72. The van der Waals surface area contributed by atoms with Gasteiger partial charge < -0.3 is 10.1 Å². The molecule has 0 aliphatic rings. The van der Waals surface area contributed by atoms with Crippen molar-refractivity contribution >= 4 is 18.2 Å². The molecular weight excluding hydrogens is 342 g/mol. The van der Waals surface area contributed by atoms with E-state index in [1.165, 1.54) is 0 Å². The van der Waals surface area contributed by atoms with Crippen LogP contribution in [0.3, 0.4) is 0 Å². The molecule has 2 rings (SSSR count). The van der Waals surface area contributed by atoms with Crippen LogP contribution in [0.5, 0.6) is 0 Å². The lowest BCUT2D eigenvalue weighted by molar-refractivity contribution is -0.154. The average Bonchev–Trinajstić information content (AvgIpc) is 2.60. The Balaban J connectivity index is 2.03. The van der Waals surface area contributed by atoms with E-state index in [9.17, 15) is 14.4 Å². The summed E-state index contributed by atoms with van der Waals surface area (Å²) in [5, 5.41) is 2.73. The van der Waals surface area contributed by atoms with E-state index < -0.39 is 5.60 Å². The minimum Gasteiger partial charge on any atom is -0.460 e. The molecule has 0 aliphatic heterocycles. The summed E-state index contributed by atoms with van der Waals surface area (Å²) in [4.78, 5) is 35.3. The van der Waals surface area contributed by atoms with Crippen LogP contribution in [-0.4, -0.2) is 30.3 Å². The highest BCUT2D eigenvalue weighted by atomic mass is 16.6. The van der Waals surface area contributed by atoms with E-state index in [2.05, 4.69) is 5.32 Å². The monoisotopic (exact) mass is 367 g/mol. The molecule has 1 N–H and O–H groups in total. The zero-order chi connectivity index (χ0) is 20.0. The highest BCUT2D eigenvalue weighted by molar-refractivity contribution is 5.96. The molecule has 0 heterocycles. The number of carbonyl (C=O) groups excluding carboxylic acids is 3. The molecule has 27 heavy (non-hydrogen) atoms. The Morgan fingerprint density at radius 1 is 1.07 bits per heavy atom. The van der Waals surface area contributed by atoms with Crippen LogP contribution < -0.4 is 5.32 Å². The van der Waals surface area contributed by atoms with Crippen molar-refractivity contribution in [3.8, 4) is 11.1 Å². The standard InChI is InChI=1S/C22H25NO4/c1-15-13-16(21(26)23-12-11-20(25)27-22(2,3)4)9-10-18(15)19-8-6-5-7-17(19)14-24/h5-10,13-14H,11-12H2,1-4H3,(H,23,26).